The van der Waals surface area contributed by atoms with Crippen molar-refractivity contribution >= 4 is 17.5 Å². The van der Waals surface area contributed by atoms with E-state index in [1.165, 1.54) is 0 Å². The number of nitrogens with two attached hydrogens (primary N) is 1. The van der Waals surface area contributed by atoms with E-state index in [1.54, 1.807) is 0 Å². The molecule has 0 aromatic rings. The molecular weight excluding hydrogens is 217 g/mol. The topological polar surface area (TPSA) is 86.5 Å². The maximum Gasteiger partial charge on any atom is 0.317 e. The van der Waals surface area contributed by atoms with E-state index in [0.717, 1.165) is 13.2 Å². The lowest BCUT2D eigenvalue weighted by molar-refractivity contribution is -0.151. The molecule has 0 fully saturated rings. The lowest BCUT2D eigenvalue weighted by atomic mass is 9.86. The third-order valence-corrected chi connectivity index (χ3v) is 2.51. The Morgan fingerprint density at radius 2 is 2.31 bits per heavy atom. The molecule has 2 atom stereocenters. The summed E-state index contributed by atoms with van der Waals surface area (Å²) in [6.45, 7) is -1.28. The van der Waals surface area contributed by atoms with Gasteiger partial charge in [0.2, 0.25) is 0 Å². The van der Waals surface area contributed by atoms with Gasteiger partial charge in [-0.15, -0.1) is 0 Å². The summed E-state index contributed by atoms with van der Waals surface area (Å²) in [6.07, 6.45) is 1.10. The van der Waals surface area contributed by atoms with Gasteiger partial charge in [0, 0.05) is 24.1 Å². The summed E-state index contributed by atoms with van der Waals surface area (Å²) in [6, 6.07) is 0. The van der Waals surface area contributed by atoms with Gasteiger partial charge in [0.25, 0.3) is 0 Å². The number of esters is 1. The number of carbonyl (C=O) groups excluding carboxylic acids is 3. The number of carbonyl (C=O) groups is 3. The summed E-state index contributed by atoms with van der Waals surface area (Å²) in [5.74, 6) is -4.15. The molecule has 0 bridgehead atoms. The molecule has 88 valence electrons. The number of hydrogen-bond donors (Lipinski definition) is 1. The molecule has 1 rings (SSSR count). The van der Waals surface area contributed by atoms with Gasteiger partial charge in [-0.2, -0.15) is 0 Å². The molecule has 0 amide bonds. The van der Waals surface area contributed by atoms with Gasteiger partial charge in [-0.1, -0.05) is 0 Å². The van der Waals surface area contributed by atoms with Crippen LogP contribution in [0.1, 0.15) is 6.42 Å². The Labute approximate surface area is 91.4 Å². The predicted octanol–water partition coefficient (Wildman–Crippen LogP) is -0.254. The maximum absolute atomic E-state index is 12.3. The van der Waals surface area contributed by atoms with Crippen molar-refractivity contribution in [2.24, 2.45) is 17.6 Å². The molecule has 0 saturated carbocycles. The third-order valence-electron chi connectivity index (χ3n) is 2.51. The standard InChI is InChI=1S/C10H12FNO4/c1-16-10(15)9(8(14)4-11)6-2-5(13)3-7(6)12/h3,6,9H,2,4,12H2,1H3. The number of methoxy groups -OCH3 is 1. The first kappa shape index (κ1) is 12.4. The summed E-state index contributed by atoms with van der Waals surface area (Å²) in [4.78, 5) is 33.7. The minimum atomic E-state index is -1.32. The Morgan fingerprint density at radius 3 is 2.69 bits per heavy atom. The smallest absolute Gasteiger partial charge is 0.317 e. The van der Waals surface area contributed by atoms with E-state index in [2.05, 4.69) is 4.74 Å². The van der Waals surface area contributed by atoms with E-state index in [4.69, 9.17) is 5.73 Å². The molecule has 0 heterocycles. The molecule has 1 aliphatic carbocycles. The van der Waals surface area contributed by atoms with E-state index in [-0.39, 0.29) is 17.9 Å². The fourth-order valence-electron chi connectivity index (χ4n) is 1.73. The Morgan fingerprint density at radius 1 is 1.69 bits per heavy atom. The zero-order valence-corrected chi connectivity index (χ0v) is 8.73. The molecule has 5 nitrogen and oxygen atoms in total. The van der Waals surface area contributed by atoms with E-state index < -0.39 is 30.3 Å². The van der Waals surface area contributed by atoms with Crippen molar-refractivity contribution < 1.29 is 23.5 Å². The van der Waals surface area contributed by atoms with Crippen LogP contribution in [0, 0.1) is 11.8 Å². The number of rotatable bonds is 4. The summed E-state index contributed by atoms with van der Waals surface area (Å²) in [5.41, 5.74) is 5.64. The number of hydrogen-bond acceptors (Lipinski definition) is 5. The Hall–Kier alpha value is -1.72. The van der Waals surface area contributed by atoms with Crippen LogP contribution in [-0.4, -0.2) is 31.3 Å². The van der Waals surface area contributed by atoms with Crippen molar-refractivity contribution in [3.8, 4) is 0 Å². The Kier molecular flexibility index (Phi) is 3.76. The van der Waals surface area contributed by atoms with Crippen LogP contribution in [0.15, 0.2) is 11.8 Å². The van der Waals surface area contributed by atoms with Gasteiger partial charge in [0.05, 0.1) is 7.11 Å². The zero-order chi connectivity index (χ0) is 12.3. The zero-order valence-electron chi connectivity index (χ0n) is 8.73. The molecule has 0 spiro atoms. The lowest BCUT2D eigenvalue weighted by Crippen LogP contribution is -2.35. The van der Waals surface area contributed by atoms with Crippen molar-refractivity contribution in [1.29, 1.82) is 0 Å². The van der Waals surface area contributed by atoms with Gasteiger partial charge in [-0.05, 0) is 0 Å². The highest BCUT2D eigenvalue weighted by atomic mass is 19.1. The first-order valence-electron chi connectivity index (χ1n) is 4.67. The van der Waals surface area contributed by atoms with Crippen LogP contribution in [0.3, 0.4) is 0 Å². The number of allylic oxidation sites excluding steroid dienone is 2. The Bertz CT molecular complexity index is 348. The second kappa shape index (κ2) is 4.87. The normalized spacial score (nSPS) is 21.5. The highest BCUT2D eigenvalue weighted by Crippen LogP contribution is 2.29. The highest BCUT2D eigenvalue weighted by Gasteiger charge is 2.40. The number of Topliss-reactive ketones (excluding diaryl/α,β-unsaturated/α-hetero) is 1. The minimum absolute atomic E-state index is 0.0582. The van der Waals surface area contributed by atoms with Crippen molar-refractivity contribution in [2.45, 2.75) is 6.42 Å². The number of halogens is 1. The number of ketones is 2. The minimum Gasteiger partial charge on any atom is -0.468 e. The van der Waals surface area contributed by atoms with Crippen LogP contribution in [0.4, 0.5) is 4.39 Å². The molecular formula is C10H12FNO4. The fourth-order valence-corrected chi connectivity index (χ4v) is 1.73. The largest absolute Gasteiger partial charge is 0.468 e. The molecule has 0 radical (unpaired) electrons. The van der Waals surface area contributed by atoms with Gasteiger partial charge in [-0.3, -0.25) is 14.4 Å². The Balaban J connectivity index is 2.94. The number of ether oxygens (including phenoxy) is 1. The van der Waals surface area contributed by atoms with Gasteiger partial charge >= 0.3 is 5.97 Å². The van der Waals surface area contributed by atoms with E-state index >= 15 is 0 Å². The van der Waals surface area contributed by atoms with Crippen molar-refractivity contribution in [3.05, 3.63) is 11.8 Å². The van der Waals surface area contributed by atoms with Gasteiger partial charge in [-0.25, -0.2) is 4.39 Å². The second-order valence-electron chi connectivity index (χ2n) is 3.52. The van der Waals surface area contributed by atoms with Crippen molar-refractivity contribution in [1.82, 2.24) is 0 Å². The molecule has 2 N–H and O–H groups in total. The first-order valence-corrected chi connectivity index (χ1v) is 4.67. The average molecular weight is 229 g/mol. The van der Waals surface area contributed by atoms with E-state index in [1.807, 2.05) is 0 Å². The predicted molar refractivity (Wildman–Crippen MR) is 51.9 cm³/mol. The third kappa shape index (κ3) is 2.26. The van der Waals surface area contributed by atoms with Crippen LogP contribution >= 0.6 is 0 Å². The molecule has 0 aromatic carbocycles. The second-order valence-corrected chi connectivity index (χ2v) is 3.52. The molecule has 6 heteroatoms. The summed E-state index contributed by atoms with van der Waals surface area (Å²) >= 11 is 0. The van der Waals surface area contributed by atoms with Gasteiger partial charge in [0.15, 0.2) is 11.6 Å². The van der Waals surface area contributed by atoms with Crippen LogP contribution in [0.5, 0.6) is 0 Å². The molecule has 0 aromatic heterocycles. The lowest BCUT2D eigenvalue weighted by Gasteiger charge is -2.19. The first-order chi connectivity index (χ1) is 7.51. The SMILES string of the molecule is COC(=O)C(C(=O)CF)C1CC(=O)C=C1N. The van der Waals surface area contributed by atoms with Crippen LogP contribution in [-0.2, 0) is 19.1 Å². The van der Waals surface area contributed by atoms with Gasteiger partial charge < -0.3 is 10.5 Å². The fraction of sp³-hybridized carbons (Fsp3) is 0.500. The maximum atomic E-state index is 12.3. The summed E-state index contributed by atoms with van der Waals surface area (Å²) in [5, 5.41) is 0. The summed E-state index contributed by atoms with van der Waals surface area (Å²) in [7, 11) is 1.09. The average Bonchev–Trinajstić information content (AvgIpc) is 2.57. The van der Waals surface area contributed by atoms with E-state index in [9.17, 15) is 18.8 Å². The van der Waals surface area contributed by atoms with E-state index in [0.29, 0.717) is 0 Å². The van der Waals surface area contributed by atoms with Crippen LogP contribution in [0.25, 0.3) is 0 Å². The molecule has 1 aliphatic rings. The number of alkyl halides is 1. The molecule has 0 aliphatic heterocycles. The van der Waals surface area contributed by atoms with Crippen LogP contribution < -0.4 is 5.73 Å². The van der Waals surface area contributed by atoms with Crippen molar-refractivity contribution in [3.63, 3.8) is 0 Å². The monoisotopic (exact) mass is 229 g/mol. The highest BCUT2D eigenvalue weighted by molar-refractivity contribution is 6.02. The van der Waals surface area contributed by atoms with Crippen molar-refractivity contribution in [2.75, 3.05) is 13.8 Å². The molecule has 2 unspecified atom stereocenters. The molecule has 16 heavy (non-hydrogen) atoms. The van der Waals surface area contributed by atoms with Gasteiger partial charge in [0.1, 0.15) is 12.6 Å². The molecule has 0 saturated heterocycles. The van der Waals surface area contributed by atoms with Crippen LogP contribution in [0.2, 0.25) is 0 Å². The quantitative estimate of drug-likeness (QED) is 0.530. The summed E-state index contributed by atoms with van der Waals surface area (Å²) < 4.78 is 16.7.